The minimum Gasteiger partial charge on any atom is -0.468 e. The molecule has 0 aliphatic heterocycles. The Kier molecular flexibility index (Phi) is 4.66. The number of anilines is 1. The molecule has 0 unspecified atom stereocenters. The molecule has 0 heterocycles. The number of nitrogens with two attached hydrogens (primary N) is 1. The van der Waals surface area contributed by atoms with Crippen LogP contribution in [-0.2, 0) is 20.7 Å². The van der Waals surface area contributed by atoms with E-state index in [9.17, 15) is 9.59 Å². The summed E-state index contributed by atoms with van der Waals surface area (Å²) in [5, 5.41) is 2.67. The lowest BCUT2D eigenvalue weighted by Crippen LogP contribution is -2.33. The number of rotatable bonds is 4. The summed E-state index contributed by atoms with van der Waals surface area (Å²) in [6.07, 6.45) is 0.375. The first kappa shape index (κ1) is 13.2. The topological polar surface area (TPSA) is 81.4 Å². The summed E-state index contributed by atoms with van der Waals surface area (Å²) in [6.45, 7) is 1.44. The molecule has 0 spiro atoms. The fraction of sp³-hybridized carbons (Fsp3) is 0.333. The third kappa shape index (κ3) is 4.24. The lowest BCUT2D eigenvalue weighted by atomic mass is 10.1. The second kappa shape index (κ2) is 6.00. The van der Waals surface area contributed by atoms with Crippen LogP contribution >= 0.6 is 0 Å². The van der Waals surface area contributed by atoms with Gasteiger partial charge in [0, 0.05) is 12.6 Å². The van der Waals surface area contributed by atoms with Gasteiger partial charge < -0.3 is 15.8 Å². The van der Waals surface area contributed by atoms with Crippen LogP contribution in [0.3, 0.4) is 0 Å². The Bertz CT molecular complexity index is 418. The maximum atomic E-state index is 11.2. The maximum Gasteiger partial charge on any atom is 0.322 e. The van der Waals surface area contributed by atoms with Crippen molar-refractivity contribution in [2.24, 2.45) is 5.73 Å². The summed E-state index contributed by atoms with van der Waals surface area (Å²) in [5.41, 5.74) is 7.21. The third-order valence-electron chi connectivity index (χ3n) is 2.21. The SMILES string of the molecule is COC(=O)[C@H](N)Cc1cccc(NC(C)=O)c1. The number of methoxy groups -OCH3 is 1. The number of nitrogens with one attached hydrogen (secondary N) is 1. The second-order valence-corrected chi connectivity index (χ2v) is 3.72. The van der Waals surface area contributed by atoms with Gasteiger partial charge in [-0.2, -0.15) is 0 Å². The van der Waals surface area contributed by atoms with E-state index in [1.54, 1.807) is 18.2 Å². The van der Waals surface area contributed by atoms with Gasteiger partial charge in [0.25, 0.3) is 0 Å². The van der Waals surface area contributed by atoms with Gasteiger partial charge in [-0.3, -0.25) is 9.59 Å². The van der Waals surface area contributed by atoms with Crippen molar-refractivity contribution in [3.05, 3.63) is 29.8 Å². The van der Waals surface area contributed by atoms with E-state index in [-0.39, 0.29) is 5.91 Å². The summed E-state index contributed by atoms with van der Waals surface area (Å²) in [6, 6.07) is 6.50. The predicted molar refractivity (Wildman–Crippen MR) is 64.4 cm³/mol. The monoisotopic (exact) mass is 236 g/mol. The Hall–Kier alpha value is -1.88. The molecule has 0 bridgehead atoms. The van der Waals surface area contributed by atoms with Crippen molar-refractivity contribution in [1.82, 2.24) is 0 Å². The van der Waals surface area contributed by atoms with E-state index in [4.69, 9.17) is 5.73 Å². The highest BCUT2D eigenvalue weighted by molar-refractivity contribution is 5.88. The molecule has 5 heteroatoms. The summed E-state index contributed by atoms with van der Waals surface area (Å²) >= 11 is 0. The van der Waals surface area contributed by atoms with Crippen molar-refractivity contribution in [2.45, 2.75) is 19.4 Å². The van der Waals surface area contributed by atoms with Crippen molar-refractivity contribution >= 4 is 17.6 Å². The minimum absolute atomic E-state index is 0.139. The fourth-order valence-corrected chi connectivity index (χ4v) is 1.47. The van der Waals surface area contributed by atoms with Crippen LogP contribution in [0, 0.1) is 0 Å². The lowest BCUT2D eigenvalue weighted by Gasteiger charge is -2.10. The highest BCUT2D eigenvalue weighted by Gasteiger charge is 2.14. The molecule has 1 atom stereocenters. The molecule has 0 saturated heterocycles. The Morgan fingerprint density at radius 1 is 1.47 bits per heavy atom. The molecule has 1 amide bonds. The molecule has 0 radical (unpaired) electrons. The van der Waals surface area contributed by atoms with Gasteiger partial charge in [0.15, 0.2) is 0 Å². The molecular formula is C12H16N2O3. The van der Waals surface area contributed by atoms with E-state index in [1.807, 2.05) is 6.07 Å². The van der Waals surface area contributed by atoms with Gasteiger partial charge in [0.1, 0.15) is 6.04 Å². The first-order valence-corrected chi connectivity index (χ1v) is 5.23. The number of benzene rings is 1. The highest BCUT2D eigenvalue weighted by Crippen LogP contribution is 2.12. The zero-order chi connectivity index (χ0) is 12.8. The zero-order valence-electron chi connectivity index (χ0n) is 9.90. The summed E-state index contributed by atoms with van der Waals surface area (Å²) in [7, 11) is 1.30. The molecular weight excluding hydrogens is 220 g/mol. The van der Waals surface area contributed by atoms with E-state index < -0.39 is 12.0 Å². The number of carbonyl (C=O) groups excluding carboxylic acids is 2. The van der Waals surface area contributed by atoms with Crippen LogP contribution in [0.25, 0.3) is 0 Å². The molecule has 1 rings (SSSR count). The first-order chi connectivity index (χ1) is 8.02. The van der Waals surface area contributed by atoms with E-state index in [0.29, 0.717) is 12.1 Å². The molecule has 0 aliphatic rings. The fourth-order valence-electron chi connectivity index (χ4n) is 1.47. The summed E-state index contributed by atoms with van der Waals surface area (Å²) in [5.74, 6) is -0.589. The molecule has 1 aromatic rings. The smallest absolute Gasteiger partial charge is 0.322 e. The number of ether oxygens (including phenoxy) is 1. The van der Waals surface area contributed by atoms with E-state index >= 15 is 0 Å². The lowest BCUT2D eigenvalue weighted by molar-refractivity contribution is -0.142. The van der Waals surface area contributed by atoms with Gasteiger partial charge in [0.05, 0.1) is 7.11 Å². The van der Waals surface area contributed by atoms with Gasteiger partial charge >= 0.3 is 5.97 Å². The Morgan fingerprint density at radius 2 is 2.18 bits per heavy atom. The zero-order valence-corrected chi connectivity index (χ0v) is 9.90. The summed E-state index contributed by atoms with van der Waals surface area (Å²) < 4.78 is 4.55. The molecule has 17 heavy (non-hydrogen) atoms. The standard InChI is InChI=1S/C12H16N2O3/c1-8(15)14-10-5-3-4-9(6-10)7-11(13)12(16)17-2/h3-6,11H,7,13H2,1-2H3,(H,14,15)/t11-/m1/s1. The van der Waals surface area contributed by atoms with Crippen LogP contribution < -0.4 is 11.1 Å². The largest absolute Gasteiger partial charge is 0.468 e. The van der Waals surface area contributed by atoms with Crippen LogP contribution in [0.1, 0.15) is 12.5 Å². The predicted octanol–water partition coefficient (Wildman–Crippen LogP) is 0.688. The van der Waals surface area contributed by atoms with Crippen molar-refractivity contribution in [3.63, 3.8) is 0 Å². The number of esters is 1. The van der Waals surface area contributed by atoms with Crippen LogP contribution in [0.15, 0.2) is 24.3 Å². The quantitative estimate of drug-likeness (QED) is 0.753. The molecule has 0 aliphatic carbocycles. The van der Waals surface area contributed by atoms with Crippen LogP contribution in [-0.4, -0.2) is 25.0 Å². The number of carbonyl (C=O) groups is 2. The van der Waals surface area contributed by atoms with E-state index in [1.165, 1.54) is 14.0 Å². The molecule has 1 aromatic carbocycles. The average Bonchev–Trinajstić information content (AvgIpc) is 2.27. The van der Waals surface area contributed by atoms with Crippen molar-refractivity contribution < 1.29 is 14.3 Å². The Morgan fingerprint density at radius 3 is 2.76 bits per heavy atom. The molecule has 92 valence electrons. The minimum atomic E-state index is -0.687. The molecule has 5 nitrogen and oxygen atoms in total. The van der Waals surface area contributed by atoms with Crippen molar-refractivity contribution in [3.8, 4) is 0 Å². The third-order valence-corrected chi connectivity index (χ3v) is 2.21. The van der Waals surface area contributed by atoms with Gasteiger partial charge in [-0.15, -0.1) is 0 Å². The van der Waals surface area contributed by atoms with E-state index in [0.717, 1.165) is 5.56 Å². The Balaban J connectivity index is 2.71. The highest BCUT2D eigenvalue weighted by atomic mass is 16.5. The van der Waals surface area contributed by atoms with Gasteiger partial charge in [0.2, 0.25) is 5.91 Å². The number of hydrogen-bond donors (Lipinski definition) is 2. The van der Waals surface area contributed by atoms with Gasteiger partial charge in [-0.25, -0.2) is 0 Å². The normalized spacial score (nSPS) is 11.7. The summed E-state index contributed by atoms with van der Waals surface area (Å²) in [4.78, 5) is 22.1. The molecule has 0 saturated carbocycles. The second-order valence-electron chi connectivity index (χ2n) is 3.72. The van der Waals surface area contributed by atoms with Crippen molar-refractivity contribution in [2.75, 3.05) is 12.4 Å². The average molecular weight is 236 g/mol. The number of amides is 1. The van der Waals surface area contributed by atoms with E-state index in [2.05, 4.69) is 10.1 Å². The van der Waals surface area contributed by atoms with Crippen LogP contribution in [0.2, 0.25) is 0 Å². The van der Waals surface area contributed by atoms with Gasteiger partial charge in [-0.1, -0.05) is 12.1 Å². The number of hydrogen-bond acceptors (Lipinski definition) is 4. The van der Waals surface area contributed by atoms with Crippen LogP contribution in [0.5, 0.6) is 0 Å². The Labute approximate surface area is 99.9 Å². The molecule has 0 fully saturated rings. The van der Waals surface area contributed by atoms with Crippen LogP contribution in [0.4, 0.5) is 5.69 Å². The van der Waals surface area contributed by atoms with Crippen molar-refractivity contribution in [1.29, 1.82) is 0 Å². The molecule has 0 aromatic heterocycles. The molecule has 3 N–H and O–H groups in total. The maximum absolute atomic E-state index is 11.2. The van der Waals surface area contributed by atoms with Gasteiger partial charge in [-0.05, 0) is 24.1 Å². The first-order valence-electron chi connectivity index (χ1n) is 5.23.